The number of benzene rings is 2. The molecule has 2 aliphatic heterocycles. The first-order chi connectivity index (χ1) is 20.0. The fraction of sp³-hybridized carbons (Fsp3) is 0.444. The number of aliphatic hydroxyl groups excluding tert-OH is 7. The van der Waals surface area contributed by atoms with Gasteiger partial charge < -0.3 is 69.7 Å². The normalized spacial score (nSPS) is 33.6. The van der Waals surface area contributed by atoms with Crippen molar-refractivity contribution in [2.75, 3.05) is 13.2 Å². The molecule has 0 amide bonds. The molecule has 0 radical (unpaired) electrons. The van der Waals surface area contributed by atoms with Crippen LogP contribution in [0.2, 0.25) is 0 Å². The maximum absolute atomic E-state index is 13.1. The summed E-state index contributed by atoms with van der Waals surface area (Å²) in [5, 5.41) is 103. The highest BCUT2D eigenvalue weighted by Gasteiger charge is 2.52. The molecule has 0 spiro atoms. The zero-order chi connectivity index (χ0) is 30.5. The molecule has 228 valence electrons. The first kappa shape index (κ1) is 30.1. The smallest absolute Gasteiger partial charge is 0.197 e. The van der Waals surface area contributed by atoms with Gasteiger partial charge in [0.05, 0.1) is 18.8 Å². The SMILES string of the molecule is O=c1cc(-c2ccc(O)cc2)oc2c([C@@H]3O[C@H](CO)[C@@H](O)[C@H](O)[C@H]3O[C@@H]3O[C@H](CO)[C@@H](O)[C@H](O)[C@H]3O)c(O)cc(O)c12. The van der Waals surface area contributed by atoms with Crippen LogP contribution in [0.5, 0.6) is 17.2 Å². The summed E-state index contributed by atoms with van der Waals surface area (Å²) in [6.07, 6.45) is -17.3. The molecule has 3 heterocycles. The summed E-state index contributed by atoms with van der Waals surface area (Å²) in [4.78, 5) is 13.1. The lowest BCUT2D eigenvalue weighted by molar-refractivity contribution is -0.342. The fourth-order valence-electron chi connectivity index (χ4n) is 5.17. The van der Waals surface area contributed by atoms with Gasteiger partial charge in [0.2, 0.25) is 0 Å². The maximum Gasteiger partial charge on any atom is 0.197 e. The predicted octanol–water partition coefficient (Wildman–Crippen LogP) is -2.08. The maximum atomic E-state index is 13.1. The standard InChI is InChI=1S/C27H30O15/c28-7-15-20(35)22(37)26(42-27-23(38)21(36)19(34)16(8-29)41-27)25(40-15)18-12(32)5-11(31)17-13(33)6-14(39-24(17)18)9-1-3-10(30)4-2-9/h1-6,15-16,19-23,25-32,34-38H,7-8H2/t15-,16-,19-,20-,21+,22+,23-,25+,26-,27+/m1/s1. The highest BCUT2D eigenvalue weighted by atomic mass is 16.7. The van der Waals surface area contributed by atoms with Crippen LogP contribution in [-0.2, 0) is 14.2 Å². The van der Waals surface area contributed by atoms with Gasteiger partial charge in [0, 0.05) is 17.7 Å². The molecular formula is C27H30O15. The van der Waals surface area contributed by atoms with Crippen LogP contribution < -0.4 is 5.43 Å². The predicted molar refractivity (Wildman–Crippen MR) is 138 cm³/mol. The van der Waals surface area contributed by atoms with Gasteiger partial charge in [-0.2, -0.15) is 0 Å². The van der Waals surface area contributed by atoms with Crippen molar-refractivity contribution in [3.05, 3.63) is 52.2 Å². The topological polar surface area (TPSA) is 260 Å². The van der Waals surface area contributed by atoms with Crippen LogP contribution in [0.4, 0.5) is 0 Å². The molecule has 0 bridgehead atoms. The molecule has 2 aliphatic rings. The summed E-state index contributed by atoms with van der Waals surface area (Å²) in [5.74, 6) is -1.50. The third-order valence-electron chi connectivity index (χ3n) is 7.44. The van der Waals surface area contributed by atoms with Gasteiger partial charge in [-0.25, -0.2) is 0 Å². The van der Waals surface area contributed by atoms with Gasteiger partial charge in [-0.3, -0.25) is 4.79 Å². The van der Waals surface area contributed by atoms with Crippen molar-refractivity contribution in [2.45, 2.75) is 61.2 Å². The van der Waals surface area contributed by atoms with Crippen molar-refractivity contribution in [2.24, 2.45) is 0 Å². The van der Waals surface area contributed by atoms with Crippen molar-refractivity contribution >= 4 is 11.0 Å². The zero-order valence-electron chi connectivity index (χ0n) is 21.7. The molecule has 1 aromatic heterocycles. The highest BCUT2D eigenvalue weighted by Crippen LogP contribution is 2.45. The molecule has 15 heteroatoms. The number of phenolic OH excluding ortho intramolecular Hbond substituents is 3. The van der Waals surface area contributed by atoms with Crippen LogP contribution in [0.15, 0.2) is 45.6 Å². The molecule has 2 saturated heterocycles. The molecule has 2 aromatic carbocycles. The quantitative estimate of drug-likeness (QED) is 0.147. The second-order valence-electron chi connectivity index (χ2n) is 10.1. The van der Waals surface area contributed by atoms with E-state index in [1.54, 1.807) is 0 Å². The lowest BCUT2D eigenvalue weighted by atomic mass is 9.89. The van der Waals surface area contributed by atoms with Gasteiger partial charge >= 0.3 is 0 Å². The molecular weight excluding hydrogens is 564 g/mol. The van der Waals surface area contributed by atoms with Gasteiger partial charge in [0.15, 0.2) is 17.3 Å². The van der Waals surface area contributed by atoms with Gasteiger partial charge in [0.25, 0.3) is 0 Å². The van der Waals surface area contributed by atoms with E-state index in [9.17, 15) is 55.9 Å². The second-order valence-corrected chi connectivity index (χ2v) is 10.1. The van der Waals surface area contributed by atoms with E-state index in [1.165, 1.54) is 24.3 Å². The molecule has 10 N–H and O–H groups in total. The fourth-order valence-corrected chi connectivity index (χ4v) is 5.17. The average molecular weight is 595 g/mol. The van der Waals surface area contributed by atoms with Crippen LogP contribution >= 0.6 is 0 Å². The molecule has 10 atom stereocenters. The number of fused-ring (bicyclic) bond motifs is 1. The Bertz CT molecular complexity index is 1470. The summed E-state index contributed by atoms with van der Waals surface area (Å²) in [7, 11) is 0. The van der Waals surface area contributed by atoms with Gasteiger partial charge in [-0.05, 0) is 24.3 Å². The Morgan fingerprint density at radius 3 is 2.00 bits per heavy atom. The largest absolute Gasteiger partial charge is 0.508 e. The zero-order valence-corrected chi connectivity index (χ0v) is 21.7. The summed E-state index contributed by atoms with van der Waals surface area (Å²) in [5.41, 5.74) is -1.21. The third kappa shape index (κ3) is 5.20. The van der Waals surface area contributed by atoms with Crippen LogP contribution in [0, 0.1) is 0 Å². The van der Waals surface area contributed by atoms with E-state index in [0.717, 1.165) is 12.1 Å². The molecule has 3 aromatic rings. The summed E-state index contributed by atoms with van der Waals surface area (Å²) < 4.78 is 22.9. The highest BCUT2D eigenvalue weighted by molar-refractivity contribution is 5.89. The van der Waals surface area contributed by atoms with Crippen molar-refractivity contribution in [3.63, 3.8) is 0 Å². The molecule has 0 saturated carbocycles. The molecule has 0 aliphatic carbocycles. The van der Waals surface area contributed by atoms with Crippen molar-refractivity contribution in [3.8, 4) is 28.6 Å². The molecule has 5 rings (SSSR count). The van der Waals surface area contributed by atoms with E-state index in [1.807, 2.05) is 0 Å². The Hall–Kier alpha value is -3.35. The first-order valence-corrected chi connectivity index (χ1v) is 12.9. The van der Waals surface area contributed by atoms with E-state index >= 15 is 0 Å². The van der Waals surface area contributed by atoms with Gasteiger partial charge in [-0.1, -0.05) is 0 Å². The van der Waals surface area contributed by atoms with E-state index in [4.69, 9.17) is 18.6 Å². The molecule has 0 unspecified atom stereocenters. The van der Waals surface area contributed by atoms with Crippen molar-refractivity contribution in [1.82, 2.24) is 0 Å². The number of phenols is 3. The second kappa shape index (κ2) is 11.7. The number of hydrogen-bond donors (Lipinski definition) is 10. The number of aromatic hydroxyl groups is 3. The number of hydrogen-bond acceptors (Lipinski definition) is 15. The van der Waals surface area contributed by atoms with Gasteiger partial charge in [-0.15, -0.1) is 0 Å². The Kier molecular flexibility index (Phi) is 8.41. The lowest BCUT2D eigenvalue weighted by Gasteiger charge is -2.46. The summed E-state index contributed by atoms with van der Waals surface area (Å²) in [6, 6.07) is 7.41. The van der Waals surface area contributed by atoms with E-state index < -0.39 is 102 Å². The summed E-state index contributed by atoms with van der Waals surface area (Å²) >= 11 is 0. The van der Waals surface area contributed by atoms with Crippen molar-refractivity contribution < 1.29 is 69.7 Å². The minimum atomic E-state index is -1.92. The van der Waals surface area contributed by atoms with E-state index in [-0.39, 0.29) is 17.1 Å². The van der Waals surface area contributed by atoms with E-state index in [2.05, 4.69) is 0 Å². The minimum absolute atomic E-state index is 0.0553. The molecule has 42 heavy (non-hydrogen) atoms. The minimum Gasteiger partial charge on any atom is -0.508 e. The Balaban J connectivity index is 1.66. The Morgan fingerprint density at radius 2 is 1.36 bits per heavy atom. The van der Waals surface area contributed by atoms with Crippen molar-refractivity contribution in [1.29, 1.82) is 0 Å². The van der Waals surface area contributed by atoms with E-state index in [0.29, 0.717) is 5.56 Å². The molecule has 2 fully saturated rings. The van der Waals surface area contributed by atoms with Crippen LogP contribution in [0.3, 0.4) is 0 Å². The van der Waals surface area contributed by atoms with Gasteiger partial charge in [0.1, 0.15) is 83.3 Å². The monoisotopic (exact) mass is 594 g/mol. The average Bonchev–Trinajstić information content (AvgIpc) is 2.96. The third-order valence-corrected chi connectivity index (χ3v) is 7.44. The molecule has 15 nitrogen and oxygen atoms in total. The first-order valence-electron chi connectivity index (χ1n) is 12.9. The Labute approximate surface area is 236 Å². The lowest BCUT2D eigenvalue weighted by Crippen LogP contribution is -2.62. The number of ether oxygens (including phenoxy) is 3. The Morgan fingerprint density at radius 1 is 0.738 bits per heavy atom. The van der Waals surface area contributed by atoms with Crippen LogP contribution in [-0.4, -0.2) is 119 Å². The van der Waals surface area contributed by atoms with Crippen LogP contribution in [0.1, 0.15) is 11.7 Å². The summed E-state index contributed by atoms with van der Waals surface area (Å²) in [6.45, 7) is -1.61. The number of aliphatic hydroxyl groups is 7. The number of rotatable bonds is 6. The van der Waals surface area contributed by atoms with Crippen LogP contribution in [0.25, 0.3) is 22.3 Å².